The molecule has 0 atom stereocenters. The van der Waals surface area contributed by atoms with Gasteiger partial charge in [0, 0.05) is 26.2 Å². The quantitative estimate of drug-likeness (QED) is 0.287. The first kappa shape index (κ1) is 25.4. The maximum Gasteiger partial charge on any atom is 0.231 e. The highest BCUT2D eigenvalue weighted by molar-refractivity contribution is 5.60. The molecule has 0 aliphatic carbocycles. The summed E-state index contributed by atoms with van der Waals surface area (Å²) in [6, 6.07) is 16.7. The van der Waals surface area contributed by atoms with Crippen LogP contribution in [0, 0.1) is 0 Å². The normalized spacial score (nSPS) is 12.0. The molecule has 0 unspecified atom stereocenters. The average molecular weight is 488 g/mol. The number of aromatic amines is 1. The molecule has 2 heterocycles. The molecule has 4 aromatic rings. The van der Waals surface area contributed by atoms with Crippen molar-refractivity contribution in [3.05, 3.63) is 82.9 Å². The van der Waals surface area contributed by atoms with E-state index < -0.39 is 5.79 Å². The molecule has 0 radical (unpaired) electrons. The Labute approximate surface area is 211 Å². The topological polar surface area (TPSA) is 104 Å². The number of nitrogens with one attached hydrogen (secondary N) is 1. The van der Waals surface area contributed by atoms with Crippen molar-refractivity contribution in [1.29, 1.82) is 0 Å². The summed E-state index contributed by atoms with van der Waals surface area (Å²) in [5.41, 5.74) is 4.49. The second-order valence-electron chi connectivity index (χ2n) is 8.57. The van der Waals surface area contributed by atoms with Crippen LogP contribution >= 0.6 is 0 Å². The number of aromatic nitrogens is 7. The molecule has 0 aliphatic heterocycles. The van der Waals surface area contributed by atoms with E-state index in [1.165, 1.54) is 5.56 Å². The number of methoxy groups -OCH3 is 2. The van der Waals surface area contributed by atoms with E-state index in [-0.39, 0.29) is 0 Å². The van der Waals surface area contributed by atoms with E-state index in [4.69, 9.17) is 19.6 Å². The zero-order chi connectivity index (χ0) is 25.4. The smallest absolute Gasteiger partial charge is 0.231 e. The summed E-state index contributed by atoms with van der Waals surface area (Å²) in [5.74, 6) is 1.04. The Hall–Kier alpha value is -3.69. The second-order valence-corrected chi connectivity index (χ2v) is 8.57. The van der Waals surface area contributed by atoms with Gasteiger partial charge < -0.3 is 9.47 Å². The van der Waals surface area contributed by atoms with Gasteiger partial charge in [-0.05, 0) is 46.0 Å². The third-order valence-corrected chi connectivity index (χ3v) is 6.15. The number of allylic oxidation sites excluding steroid dienone is 1. The molecule has 2 aromatic carbocycles. The van der Waals surface area contributed by atoms with E-state index in [1.807, 2.05) is 29.0 Å². The summed E-state index contributed by atoms with van der Waals surface area (Å²) < 4.78 is 13.4. The van der Waals surface area contributed by atoms with Crippen LogP contribution in [0.5, 0.6) is 0 Å². The monoisotopic (exact) mass is 487 g/mol. The van der Waals surface area contributed by atoms with Crippen LogP contribution in [0.4, 0.5) is 0 Å². The fourth-order valence-corrected chi connectivity index (χ4v) is 4.22. The van der Waals surface area contributed by atoms with E-state index >= 15 is 0 Å². The summed E-state index contributed by atoms with van der Waals surface area (Å²) in [6.45, 7) is 4.77. The highest BCUT2D eigenvalue weighted by Gasteiger charge is 2.36. The molecule has 9 nitrogen and oxygen atoms in total. The molecule has 0 fully saturated rings. The van der Waals surface area contributed by atoms with Gasteiger partial charge in [-0.25, -0.2) is 14.8 Å². The third kappa shape index (κ3) is 5.58. The summed E-state index contributed by atoms with van der Waals surface area (Å²) >= 11 is 0. The summed E-state index contributed by atoms with van der Waals surface area (Å²) in [7, 11) is 3.27. The first-order valence-corrected chi connectivity index (χ1v) is 12.2. The van der Waals surface area contributed by atoms with Crippen molar-refractivity contribution in [2.24, 2.45) is 0 Å². The number of benzene rings is 2. The van der Waals surface area contributed by atoms with Crippen LogP contribution in [0.25, 0.3) is 17.5 Å². The van der Waals surface area contributed by atoms with Crippen molar-refractivity contribution in [1.82, 2.24) is 35.4 Å². The van der Waals surface area contributed by atoms with Crippen molar-refractivity contribution >= 4 is 6.08 Å². The summed E-state index contributed by atoms with van der Waals surface area (Å²) in [6.07, 6.45) is 7.32. The molecule has 4 rings (SSSR count). The van der Waals surface area contributed by atoms with Crippen LogP contribution in [0.1, 0.15) is 61.4 Å². The van der Waals surface area contributed by atoms with Crippen molar-refractivity contribution < 1.29 is 9.47 Å². The molecule has 0 saturated carbocycles. The number of hydrogen-bond acceptors (Lipinski definition) is 7. The molecule has 0 aliphatic rings. The van der Waals surface area contributed by atoms with Gasteiger partial charge >= 0.3 is 0 Å². The van der Waals surface area contributed by atoms with Gasteiger partial charge in [0.25, 0.3) is 0 Å². The van der Waals surface area contributed by atoms with Gasteiger partial charge in [-0.2, -0.15) is 0 Å². The molecule has 0 saturated heterocycles. The minimum Gasteiger partial charge on any atom is -0.347 e. The van der Waals surface area contributed by atoms with Gasteiger partial charge in [-0.3, -0.25) is 0 Å². The molecule has 9 heteroatoms. The maximum atomic E-state index is 5.75. The Balaban J connectivity index is 1.56. The first-order valence-electron chi connectivity index (χ1n) is 12.2. The largest absolute Gasteiger partial charge is 0.347 e. The third-order valence-electron chi connectivity index (χ3n) is 6.15. The van der Waals surface area contributed by atoms with Crippen LogP contribution in [0.2, 0.25) is 0 Å². The summed E-state index contributed by atoms with van der Waals surface area (Å²) in [5, 5.41) is 19.1. The van der Waals surface area contributed by atoms with E-state index in [1.54, 1.807) is 14.2 Å². The predicted molar refractivity (Wildman–Crippen MR) is 138 cm³/mol. The van der Waals surface area contributed by atoms with Gasteiger partial charge in [0.1, 0.15) is 0 Å². The molecule has 0 spiro atoms. The molecule has 2 aromatic heterocycles. The fraction of sp³-hybridized carbons (Fsp3) is 0.370. The minimum absolute atomic E-state index is 0.542. The fourth-order valence-electron chi connectivity index (χ4n) is 4.22. The SMILES string of the molecule is CC/C=C/c1nc(C(CCC)(OC)OC)nn1Cc1ccc(Cc2ccccc2-c2nnn[nH]2)cc1. The lowest BCUT2D eigenvalue weighted by molar-refractivity contribution is -0.225. The van der Waals surface area contributed by atoms with Crippen molar-refractivity contribution in [3.63, 3.8) is 0 Å². The van der Waals surface area contributed by atoms with Gasteiger partial charge in [-0.1, -0.05) is 74.9 Å². The van der Waals surface area contributed by atoms with Crippen molar-refractivity contribution in [2.45, 2.75) is 51.9 Å². The van der Waals surface area contributed by atoms with Gasteiger partial charge in [0.15, 0.2) is 11.6 Å². The number of tetrazole rings is 1. The van der Waals surface area contributed by atoms with E-state index in [9.17, 15) is 0 Å². The lowest BCUT2D eigenvalue weighted by Gasteiger charge is -2.27. The number of hydrogen-bond donors (Lipinski definition) is 1. The zero-order valence-corrected chi connectivity index (χ0v) is 21.3. The molecular formula is C27H33N7O2. The number of H-pyrrole nitrogens is 1. The summed E-state index contributed by atoms with van der Waals surface area (Å²) in [4.78, 5) is 4.78. The van der Waals surface area contributed by atoms with E-state index in [0.717, 1.165) is 41.8 Å². The lowest BCUT2D eigenvalue weighted by atomic mass is 9.98. The number of ether oxygens (including phenoxy) is 2. The van der Waals surface area contributed by atoms with Gasteiger partial charge in [0.2, 0.25) is 11.6 Å². The second kappa shape index (κ2) is 11.8. The Morgan fingerprint density at radius 2 is 1.75 bits per heavy atom. The standard InChI is InChI=1S/C27H33N7O2/c1-5-7-12-24-28-26(27(35-3,36-4)17-6-2)31-34(24)19-21-15-13-20(14-16-21)18-22-10-8-9-11-23(22)25-29-32-33-30-25/h7-16H,5-6,17-19H2,1-4H3,(H,29,30,32,33)/b12-7+. The first-order chi connectivity index (χ1) is 17.6. The van der Waals surface area contributed by atoms with E-state index in [0.29, 0.717) is 24.6 Å². The Kier molecular flexibility index (Phi) is 8.35. The molecule has 1 N–H and O–H groups in total. The number of rotatable bonds is 12. The average Bonchev–Trinajstić information content (AvgIpc) is 3.58. The number of nitrogens with zero attached hydrogens (tertiary/aromatic N) is 6. The maximum absolute atomic E-state index is 5.75. The molecular weight excluding hydrogens is 454 g/mol. The van der Waals surface area contributed by atoms with Crippen LogP contribution in [0.3, 0.4) is 0 Å². The van der Waals surface area contributed by atoms with Crippen molar-refractivity contribution in [2.75, 3.05) is 14.2 Å². The molecule has 0 bridgehead atoms. The molecule has 188 valence electrons. The Morgan fingerprint density at radius 3 is 2.42 bits per heavy atom. The lowest BCUT2D eigenvalue weighted by Crippen LogP contribution is -2.32. The van der Waals surface area contributed by atoms with Crippen molar-refractivity contribution in [3.8, 4) is 11.4 Å². The molecule has 36 heavy (non-hydrogen) atoms. The van der Waals surface area contributed by atoms with Gasteiger partial charge in [0.05, 0.1) is 6.54 Å². The van der Waals surface area contributed by atoms with Crippen LogP contribution in [-0.2, 0) is 28.2 Å². The molecule has 0 amide bonds. The highest BCUT2D eigenvalue weighted by atomic mass is 16.7. The Bertz CT molecular complexity index is 1260. The van der Waals surface area contributed by atoms with Crippen LogP contribution < -0.4 is 0 Å². The van der Waals surface area contributed by atoms with E-state index in [2.05, 4.69) is 70.9 Å². The van der Waals surface area contributed by atoms with Crippen LogP contribution in [-0.4, -0.2) is 49.6 Å². The predicted octanol–water partition coefficient (Wildman–Crippen LogP) is 4.77. The van der Waals surface area contributed by atoms with Crippen LogP contribution in [0.15, 0.2) is 54.6 Å². The van der Waals surface area contributed by atoms with Gasteiger partial charge in [-0.15, -0.1) is 10.2 Å². The minimum atomic E-state index is -0.953. The zero-order valence-electron chi connectivity index (χ0n) is 21.3. The highest BCUT2D eigenvalue weighted by Crippen LogP contribution is 2.29. The Morgan fingerprint density at radius 1 is 1.00 bits per heavy atom.